The Bertz CT molecular complexity index is 734. The van der Waals surface area contributed by atoms with E-state index >= 15 is 0 Å². The predicted molar refractivity (Wildman–Crippen MR) is 97.6 cm³/mol. The maximum atomic E-state index is 12.7. The fraction of sp³-hybridized carbons (Fsp3) is 0.444. The van der Waals surface area contributed by atoms with Crippen LogP contribution < -0.4 is 5.32 Å². The molecule has 5 nitrogen and oxygen atoms in total. The first kappa shape index (κ1) is 19.6. The highest BCUT2D eigenvalue weighted by Gasteiger charge is 2.47. The quantitative estimate of drug-likeness (QED) is 0.760. The van der Waals surface area contributed by atoms with Gasteiger partial charge in [-0.15, -0.1) is 0 Å². The van der Waals surface area contributed by atoms with Crippen molar-refractivity contribution >= 4 is 40.8 Å². The van der Waals surface area contributed by atoms with Gasteiger partial charge in [0.1, 0.15) is 5.76 Å². The van der Waals surface area contributed by atoms with Gasteiger partial charge in [0.25, 0.3) is 5.91 Å². The van der Waals surface area contributed by atoms with E-state index in [0.717, 1.165) is 0 Å². The summed E-state index contributed by atoms with van der Waals surface area (Å²) in [5.41, 5.74) is 0.561. The minimum atomic E-state index is -0.866. The third kappa shape index (κ3) is 3.62. The maximum absolute atomic E-state index is 12.7. The van der Waals surface area contributed by atoms with E-state index in [-0.39, 0.29) is 29.8 Å². The van der Waals surface area contributed by atoms with Crippen LogP contribution in [0.3, 0.4) is 0 Å². The Labute approximate surface area is 157 Å². The van der Waals surface area contributed by atoms with Crippen molar-refractivity contribution in [1.29, 1.82) is 0 Å². The minimum Gasteiger partial charge on any atom is -0.434 e. The Morgan fingerprint density at radius 3 is 2.48 bits per heavy atom. The fourth-order valence-corrected chi connectivity index (χ4v) is 3.45. The van der Waals surface area contributed by atoms with Gasteiger partial charge in [-0.25, -0.2) is 4.79 Å². The minimum absolute atomic E-state index is 0.0373. The highest BCUT2D eigenvalue weighted by Crippen LogP contribution is 2.42. The summed E-state index contributed by atoms with van der Waals surface area (Å²) in [5.74, 6) is -0.189. The van der Waals surface area contributed by atoms with Gasteiger partial charge >= 0.3 is 6.16 Å². The normalized spacial score (nSPS) is 20.1. The molecule has 1 N–H and O–H groups in total. The van der Waals surface area contributed by atoms with Gasteiger partial charge in [-0.05, 0) is 44.4 Å². The molecule has 0 saturated carbocycles. The number of carbonyl (C=O) groups is 2. The Morgan fingerprint density at radius 2 is 1.96 bits per heavy atom. The molecule has 1 aromatic rings. The second kappa shape index (κ2) is 7.26. The lowest BCUT2D eigenvalue weighted by molar-refractivity contribution is -0.116. The van der Waals surface area contributed by atoms with Gasteiger partial charge in [-0.1, -0.05) is 37.0 Å². The zero-order valence-electron chi connectivity index (χ0n) is 14.8. The first-order valence-corrected chi connectivity index (χ1v) is 8.75. The number of amides is 1. The van der Waals surface area contributed by atoms with Crippen LogP contribution in [0, 0.1) is 12.8 Å². The summed E-state index contributed by atoms with van der Waals surface area (Å²) in [7, 11) is 0. The molecule has 0 saturated heterocycles. The summed E-state index contributed by atoms with van der Waals surface area (Å²) in [6.07, 6.45) is -0.860. The topological polar surface area (TPSA) is 64.6 Å². The van der Waals surface area contributed by atoms with Crippen molar-refractivity contribution in [1.82, 2.24) is 5.32 Å². The fourth-order valence-electron chi connectivity index (χ4n) is 2.76. The van der Waals surface area contributed by atoms with Crippen LogP contribution in [-0.4, -0.2) is 24.2 Å². The monoisotopic (exact) mass is 385 g/mol. The lowest BCUT2D eigenvalue weighted by Gasteiger charge is -2.31. The van der Waals surface area contributed by atoms with Crippen LogP contribution in [0.15, 0.2) is 17.9 Å². The van der Waals surface area contributed by atoms with E-state index in [1.165, 1.54) is 0 Å². The summed E-state index contributed by atoms with van der Waals surface area (Å²) in [6, 6.07) is 3.26. The number of rotatable bonds is 4. The van der Waals surface area contributed by atoms with E-state index in [9.17, 15) is 9.59 Å². The summed E-state index contributed by atoms with van der Waals surface area (Å²) >= 11 is 12.4. The van der Waals surface area contributed by atoms with Crippen molar-refractivity contribution < 1.29 is 19.1 Å². The van der Waals surface area contributed by atoms with Gasteiger partial charge in [0.2, 0.25) is 0 Å². The van der Waals surface area contributed by atoms with E-state index in [0.29, 0.717) is 21.2 Å². The summed E-state index contributed by atoms with van der Waals surface area (Å²) < 4.78 is 10.3. The molecule has 1 atom stereocenters. The van der Waals surface area contributed by atoms with Crippen LogP contribution >= 0.6 is 23.2 Å². The predicted octanol–water partition coefficient (Wildman–Crippen LogP) is 4.73. The zero-order valence-corrected chi connectivity index (χ0v) is 16.3. The number of carbonyl (C=O) groups excluding carboxylic acids is 2. The van der Waals surface area contributed by atoms with Crippen molar-refractivity contribution in [3.8, 4) is 0 Å². The van der Waals surface area contributed by atoms with Crippen LogP contribution in [0.2, 0.25) is 10.0 Å². The molecule has 0 bridgehead atoms. The number of halogens is 2. The van der Waals surface area contributed by atoms with Gasteiger partial charge in [0.15, 0.2) is 0 Å². The Hall–Kier alpha value is -1.72. The van der Waals surface area contributed by atoms with E-state index in [2.05, 4.69) is 5.32 Å². The largest absolute Gasteiger partial charge is 0.513 e. The molecular weight excluding hydrogens is 365 g/mol. The SMILES string of the molecule is CCOC(=O)OC1=C(c2c(C)cc(Cl)cc2Cl)C(=O)NC1(C)C(C)C. The number of nitrogens with one attached hydrogen (secondary N) is 1. The van der Waals surface area contributed by atoms with Crippen molar-refractivity contribution in [2.75, 3.05) is 6.61 Å². The van der Waals surface area contributed by atoms with E-state index in [4.69, 9.17) is 32.7 Å². The molecule has 1 aliphatic heterocycles. The van der Waals surface area contributed by atoms with Crippen LogP contribution in [0.25, 0.3) is 5.57 Å². The first-order chi connectivity index (χ1) is 11.6. The van der Waals surface area contributed by atoms with Crippen LogP contribution in [-0.2, 0) is 14.3 Å². The Morgan fingerprint density at radius 1 is 1.32 bits per heavy atom. The maximum Gasteiger partial charge on any atom is 0.513 e. The first-order valence-electron chi connectivity index (χ1n) is 7.99. The van der Waals surface area contributed by atoms with Crippen molar-refractivity contribution in [2.24, 2.45) is 5.92 Å². The highest BCUT2D eigenvalue weighted by molar-refractivity contribution is 6.38. The molecule has 1 heterocycles. The third-order valence-corrected chi connectivity index (χ3v) is 4.92. The Kier molecular flexibility index (Phi) is 5.69. The van der Waals surface area contributed by atoms with Crippen LogP contribution in [0.4, 0.5) is 4.79 Å². The average Bonchev–Trinajstić information content (AvgIpc) is 2.72. The lowest BCUT2D eigenvalue weighted by Crippen LogP contribution is -2.47. The molecule has 7 heteroatoms. The molecule has 2 rings (SSSR count). The van der Waals surface area contributed by atoms with Crippen LogP contribution in [0.5, 0.6) is 0 Å². The molecule has 136 valence electrons. The molecular formula is C18H21Cl2NO4. The number of aryl methyl sites for hydroxylation is 1. The summed E-state index contributed by atoms with van der Waals surface area (Å²) in [5, 5.41) is 3.68. The lowest BCUT2D eigenvalue weighted by atomic mass is 9.86. The van der Waals surface area contributed by atoms with Gasteiger partial charge in [0.05, 0.1) is 22.7 Å². The molecule has 0 aromatic heterocycles. The van der Waals surface area contributed by atoms with Gasteiger partial charge in [-0.2, -0.15) is 0 Å². The molecule has 0 radical (unpaired) electrons. The Balaban J connectivity index is 2.71. The molecule has 0 aliphatic carbocycles. The number of benzene rings is 1. The second-order valence-electron chi connectivity index (χ2n) is 6.38. The average molecular weight is 386 g/mol. The molecule has 1 amide bonds. The number of hydrogen-bond acceptors (Lipinski definition) is 4. The van der Waals surface area contributed by atoms with E-state index < -0.39 is 11.7 Å². The van der Waals surface area contributed by atoms with Crippen molar-refractivity contribution in [2.45, 2.75) is 40.2 Å². The summed E-state index contributed by atoms with van der Waals surface area (Å²) in [6.45, 7) is 9.29. The molecule has 0 spiro atoms. The molecule has 1 aliphatic rings. The van der Waals surface area contributed by atoms with Gasteiger partial charge in [0, 0.05) is 10.6 Å². The van der Waals surface area contributed by atoms with Crippen molar-refractivity contribution in [3.05, 3.63) is 39.1 Å². The standard InChI is InChI=1S/C18H21Cl2NO4/c1-6-24-17(23)25-15-14(16(22)21-18(15,5)9(2)3)13-10(4)7-11(19)8-12(13)20/h7-9H,6H2,1-5H3,(H,21,22). The summed E-state index contributed by atoms with van der Waals surface area (Å²) in [4.78, 5) is 24.7. The highest BCUT2D eigenvalue weighted by atomic mass is 35.5. The molecule has 1 unspecified atom stereocenters. The van der Waals surface area contributed by atoms with E-state index in [1.54, 1.807) is 32.9 Å². The smallest absolute Gasteiger partial charge is 0.434 e. The number of hydrogen-bond donors (Lipinski definition) is 1. The van der Waals surface area contributed by atoms with Crippen molar-refractivity contribution in [3.63, 3.8) is 0 Å². The molecule has 25 heavy (non-hydrogen) atoms. The third-order valence-electron chi connectivity index (χ3n) is 4.40. The van der Waals surface area contributed by atoms with E-state index in [1.807, 2.05) is 13.8 Å². The van der Waals surface area contributed by atoms with Gasteiger partial charge < -0.3 is 14.8 Å². The number of ether oxygens (including phenoxy) is 2. The molecule has 0 fully saturated rings. The zero-order chi connectivity index (χ0) is 18.9. The second-order valence-corrected chi connectivity index (χ2v) is 7.22. The van der Waals surface area contributed by atoms with Gasteiger partial charge in [-0.3, -0.25) is 4.79 Å². The van der Waals surface area contributed by atoms with Crippen LogP contribution in [0.1, 0.15) is 38.8 Å². The molecule has 1 aromatic carbocycles.